The summed E-state index contributed by atoms with van der Waals surface area (Å²) in [6.07, 6.45) is 6.07. The Morgan fingerprint density at radius 2 is 1.84 bits per heavy atom. The first-order valence-electron chi connectivity index (χ1n) is 7.15. The highest BCUT2D eigenvalue weighted by Gasteiger charge is 2.24. The molecule has 0 spiro atoms. The summed E-state index contributed by atoms with van der Waals surface area (Å²) in [7, 11) is 1.92. The molecule has 1 aromatic heterocycles. The highest BCUT2D eigenvalue weighted by Crippen LogP contribution is 2.39. The van der Waals surface area contributed by atoms with Gasteiger partial charge in [-0.1, -0.05) is 33.6 Å². The summed E-state index contributed by atoms with van der Waals surface area (Å²) in [5.41, 5.74) is 1.42. The molecule has 0 aromatic carbocycles. The summed E-state index contributed by atoms with van der Waals surface area (Å²) < 4.78 is 1.06. The van der Waals surface area contributed by atoms with E-state index in [1.165, 1.54) is 31.4 Å². The van der Waals surface area contributed by atoms with Crippen LogP contribution in [0.2, 0.25) is 0 Å². The topological polar surface area (TPSA) is 37.8 Å². The third kappa shape index (κ3) is 3.68. The van der Waals surface area contributed by atoms with Crippen LogP contribution in [0, 0.1) is 5.41 Å². The van der Waals surface area contributed by atoms with Crippen LogP contribution in [0.15, 0.2) is 4.47 Å². The largest absolute Gasteiger partial charge is 0.372 e. The van der Waals surface area contributed by atoms with Crippen molar-refractivity contribution in [3.8, 4) is 0 Å². The summed E-state index contributed by atoms with van der Waals surface area (Å²) in [5, 5.41) is 3.19. The number of anilines is 1. The summed E-state index contributed by atoms with van der Waals surface area (Å²) >= 11 is 3.68. The molecule has 0 saturated heterocycles. The number of hydrogen-bond acceptors (Lipinski definition) is 3. The summed E-state index contributed by atoms with van der Waals surface area (Å²) in [6.45, 7) is 6.69. The molecule has 0 radical (unpaired) electrons. The second-order valence-corrected chi connectivity index (χ2v) is 7.45. The van der Waals surface area contributed by atoms with Crippen molar-refractivity contribution in [1.29, 1.82) is 0 Å². The van der Waals surface area contributed by atoms with E-state index < -0.39 is 0 Å². The quantitative estimate of drug-likeness (QED) is 0.887. The summed E-state index contributed by atoms with van der Waals surface area (Å²) in [4.78, 5) is 9.49. The SMILES string of the molecule is CNc1nc(CC(C)(C)C)nc(C2CCCC2)c1Br. The second kappa shape index (κ2) is 5.78. The predicted octanol–water partition coefficient (Wildman–Crippen LogP) is 4.53. The van der Waals surface area contributed by atoms with Gasteiger partial charge in [0.15, 0.2) is 0 Å². The van der Waals surface area contributed by atoms with E-state index in [4.69, 9.17) is 4.98 Å². The van der Waals surface area contributed by atoms with Crippen molar-refractivity contribution >= 4 is 21.7 Å². The molecule has 0 aliphatic heterocycles. The van der Waals surface area contributed by atoms with Crippen LogP contribution in [0.4, 0.5) is 5.82 Å². The zero-order valence-electron chi connectivity index (χ0n) is 12.4. The van der Waals surface area contributed by atoms with Gasteiger partial charge in [0.05, 0.1) is 10.2 Å². The van der Waals surface area contributed by atoms with Crippen molar-refractivity contribution in [3.63, 3.8) is 0 Å². The third-order valence-corrected chi connectivity index (χ3v) is 4.37. The second-order valence-electron chi connectivity index (χ2n) is 6.66. The van der Waals surface area contributed by atoms with Crippen LogP contribution in [0.1, 0.15) is 63.9 Å². The van der Waals surface area contributed by atoms with Crippen LogP contribution in [0.5, 0.6) is 0 Å². The van der Waals surface area contributed by atoms with E-state index in [2.05, 4.69) is 47.0 Å². The van der Waals surface area contributed by atoms with Gasteiger partial charge in [-0.2, -0.15) is 0 Å². The van der Waals surface area contributed by atoms with Gasteiger partial charge in [-0.3, -0.25) is 0 Å². The van der Waals surface area contributed by atoms with Crippen molar-refractivity contribution in [3.05, 3.63) is 16.0 Å². The molecule has 3 nitrogen and oxygen atoms in total. The maximum absolute atomic E-state index is 4.85. The maximum Gasteiger partial charge on any atom is 0.144 e. The van der Waals surface area contributed by atoms with Crippen LogP contribution in [0.3, 0.4) is 0 Å². The number of nitrogens with zero attached hydrogens (tertiary/aromatic N) is 2. The van der Waals surface area contributed by atoms with Crippen molar-refractivity contribution in [2.75, 3.05) is 12.4 Å². The lowest BCUT2D eigenvalue weighted by Crippen LogP contribution is -2.15. The fraction of sp³-hybridized carbons (Fsp3) is 0.733. The van der Waals surface area contributed by atoms with Gasteiger partial charge in [-0.25, -0.2) is 9.97 Å². The zero-order valence-corrected chi connectivity index (χ0v) is 14.0. The average Bonchev–Trinajstić information content (AvgIpc) is 2.82. The molecule has 1 heterocycles. The standard InChI is InChI=1S/C15H24BrN3/c1-15(2,3)9-11-18-13(10-7-5-6-8-10)12(16)14(17-4)19-11/h10H,5-9H2,1-4H3,(H,17,18,19). The molecule has 1 aliphatic carbocycles. The van der Waals surface area contributed by atoms with Gasteiger partial charge < -0.3 is 5.32 Å². The first-order chi connectivity index (χ1) is 8.90. The van der Waals surface area contributed by atoms with Crippen molar-refractivity contribution in [2.45, 2.75) is 58.8 Å². The van der Waals surface area contributed by atoms with Crippen LogP contribution in [-0.2, 0) is 6.42 Å². The molecule has 2 rings (SSSR count). The van der Waals surface area contributed by atoms with Gasteiger partial charge >= 0.3 is 0 Å². The Hall–Kier alpha value is -0.640. The van der Waals surface area contributed by atoms with Crippen LogP contribution >= 0.6 is 15.9 Å². The molecular formula is C15H24BrN3. The van der Waals surface area contributed by atoms with E-state index in [1.807, 2.05) is 7.05 Å². The maximum atomic E-state index is 4.85. The lowest BCUT2D eigenvalue weighted by atomic mass is 9.92. The highest BCUT2D eigenvalue weighted by molar-refractivity contribution is 9.10. The van der Waals surface area contributed by atoms with Crippen molar-refractivity contribution in [2.24, 2.45) is 5.41 Å². The lowest BCUT2D eigenvalue weighted by molar-refractivity contribution is 0.399. The number of nitrogens with one attached hydrogen (secondary N) is 1. The molecule has 1 aromatic rings. The Labute approximate surface area is 124 Å². The van der Waals surface area contributed by atoms with E-state index in [1.54, 1.807) is 0 Å². The van der Waals surface area contributed by atoms with Crippen molar-refractivity contribution < 1.29 is 0 Å². The lowest BCUT2D eigenvalue weighted by Gasteiger charge is -2.20. The van der Waals surface area contributed by atoms with Gasteiger partial charge in [0.2, 0.25) is 0 Å². The van der Waals surface area contributed by atoms with Gasteiger partial charge in [0, 0.05) is 19.4 Å². The van der Waals surface area contributed by atoms with Crippen LogP contribution in [0.25, 0.3) is 0 Å². The van der Waals surface area contributed by atoms with Crippen molar-refractivity contribution in [1.82, 2.24) is 9.97 Å². The summed E-state index contributed by atoms with van der Waals surface area (Å²) in [5.74, 6) is 2.49. The smallest absolute Gasteiger partial charge is 0.144 e. The summed E-state index contributed by atoms with van der Waals surface area (Å²) in [6, 6.07) is 0. The minimum Gasteiger partial charge on any atom is -0.372 e. The normalized spacial score (nSPS) is 16.9. The number of aromatic nitrogens is 2. The van der Waals surface area contributed by atoms with Gasteiger partial charge in [-0.15, -0.1) is 0 Å². The highest BCUT2D eigenvalue weighted by atomic mass is 79.9. The van der Waals surface area contributed by atoms with Gasteiger partial charge in [-0.05, 0) is 34.2 Å². The average molecular weight is 326 g/mol. The Bertz CT molecular complexity index is 445. The van der Waals surface area contributed by atoms with Gasteiger partial charge in [0.25, 0.3) is 0 Å². The molecular weight excluding hydrogens is 302 g/mol. The molecule has 0 amide bonds. The first-order valence-corrected chi connectivity index (χ1v) is 7.94. The predicted molar refractivity (Wildman–Crippen MR) is 83.6 cm³/mol. The molecule has 0 bridgehead atoms. The molecule has 19 heavy (non-hydrogen) atoms. The molecule has 4 heteroatoms. The fourth-order valence-corrected chi connectivity index (χ4v) is 3.40. The molecule has 0 unspecified atom stereocenters. The number of rotatable bonds is 3. The molecule has 1 aliphatic rings. The van der Waals surface area contributed by atoms with E-state index in [9.17, 15) is 0 Å². The minimum absolute atomic E-state index is 0.214. The third-order valence-electron chi connectivity index (χ3n) is 3.59. The Kier molecular flexibility index (Phi) is 4.49. The van der Waals surface area contributed by atoms with E-state index >= 15 is 0 Å². The first kappa shape index (κ1) is 14.8. The van der Waals surface area contributed by atoms with Crippen LogP contribution < -0.4 is 5.32 Å². The number of hydrogen-bond donors (Lipinski definition) is 1. The minimum atomic E-state index is 0.214. The molecule has 1 saturated carbocycles. The molecule has 1 N–H and O–H groups in total. The zero-order chi connectivity index (χ0) is 14.0. The number of halogens is 1. The van der Waals surface area contributed by atoms with E-state index in [0.29, 0.717) is 5.92 Å². The Morgan fingerprint density at radius 1 is 1.21 bits per heavy atom. The molecule has 106 valence electrons. The molecule has 1 fully saturated rings. The van der Waals surface area contributed by atoms with E-state index in [-0.39, 0.29) is 5.41 Å². The molecule has 0 atom stereocenters. The van der Waals surface area contributed by atoms with E-state index in [0.717, 1.165) is 22.5 Å². The monoisotopic (exact) mass is 325 g/mol. The Balaban J connectivity index is 2.37. The van der Waals surface area contributed by atoms with Crippen LogP contribution in [-0.4, -0.2) is 17.0 Å². The Morgan fingerprint density at radius 3 is 2.37 bits per heavy atom. The van der Waals surface area contributed by atoms with Gasteiger partial charge in [0.1, 0.15) is 11.6 Å². The fourth-order valence-electron chi connectivity index (χ4n) is 2.70.